The summed E-state index contributed by atoms with van der Waals surface area (Å²) >= 11 is 0. The minimum atomic E-state index is -0.736. The van der Waals surface area contributed by atoms with Gasteiger partial charge in [0.15, 0.2) is 11.5 Å². The van der Waals surface area contributed by atoms with Crippen molar-refractivity contribution in [3.05, 3.63) is 59.7 Å². The van der Waals surface area contributed by atoms with Crippen molar-refractivity contribution in [1.29, 1.82) is 0 Å². The fourth-order valence-corrected chi connectivity index (χ4v) is 2.31. The molecule has 0 aliphatic heterocycles. The van der Waals surface area contributed by atoms with E-state index in [1.165, 1.54) is 0 Å². The largest absolute Gasteiger partial charge is 0.493 e. The van der Waals surface area contributed by atoms with Gasteiger partial charge in [-0.2, -0.15) is 0 Å². The molecule has 0 unspecified atom stereocenters. The highest BCUT2D eigenvalue weighted by molar-refractivity contribution is 5.51. The first-order chi connectivity index (χ1) is 9.73. The first-order valence-electron chi connectivity index (χ1n) is 6.79. The zero-order valence-corrected chi connectivity index (χ0v) is 11.5. The summed E-state index contributed by atoms with van der Waals surface area (Å²) in [6.45, 7) is 0.463. The van der Waals surface area contributed by atoms with Crippen molar-refractivity contribution in [2.45, 2.75) is 25.0 Å². The predicted octanol–water partition coefficient (Wildman–Crippen LogP) is 3.26. The Morgan fingerprint density at radius 1 is 1.05 bits per heavy atom. The zero-order chi connectivity index (χ0) is 14.0. The molecule has 0 amide bonds. The van der Waals surface area contributed by atoms with E-state index in [1.54, 1.807) is 7.11 Å². The second-order valence-corrected chi connectivity index (χ2v) is 5.14. The lowest BCUT2D eigenvalue weighted by atomic mass is 10.1. The third-order valence-electron chi connectivity index (χ3n) is 3.65. The molecule has 0 bridgehead atoms. The minimum absolute atomic E-state index is 0.463. The van der Waals surface area contributed by atoms with Crippen LogP contribution in [-0.2, 0) is 12.2 Å². The molecule has 104 valence electrons. The number of ether oxygens (including phenoxy) is 2. The molecule has 0 spiro atoms. The van der Waals surface area contributed by atoms with Crippen LogP contribution in [0, 0.1) is 0 Å². The van der Waals surface area contributed by atoms with Crippen LogP contribution in [0.4, 0.5) is 0 Å². The number of rotatable bonds is 5. The van der Waals surface area contributed by atoms with Crippen molar-refractivity contribution in [3.8, 4) is 11.5 Å². The monoisotopic (exact) mass is 270 g/mol. The molecule has 1 aliphatic carbocycles. The van der Waals surface area contributed by atoms with Gasteiger partial charge in [-0.3, -0.25) is 0 Å². The molecule has 0 atom stereocenters. The van der Waals surface area contributed by atoms with Crippen molar-refractivity contribution in [2.75, 3.05) is 7.11 Å². The number of para-hydroxylation sites is 1. The quantitative estimate of drug-likeness (QED) is 0.906. The molecule has 2 aromatic rings. The molecular formula is C17H18O3. The maximum atomic E-state index is 10.4. The Bertz CT molecular complexity index is 588. The lowest BCUT2D eigenvalue weighted by Gasteiger charge is -2.18. The first kappa shape index (κ1) is 13.0. The van der Waals surface area contributed by atoms with Gasteiger partial charge in [-0.05, 0) is 24.5 Å². The van der Waals surface area contributed by atoms with E-state index in [0.29, 0.717) is 18.1 Å². The van der Waals surface area contributed by atoms with Crippen LogP contribution in [-0.4, -0.2) is 12.2 Å². The van der Waals surface area contributed by atoms with Gasteiger partial charge in [0.2, 0.25) is 0 Å². The molecule has 3 heteroatoms. The molecule has 2 aromatic carbocycles. The SMILES string of the molecule is COc1cccc(C2(O)CC2)c1OCc1ccccc1. The van der Waals surface area contributed by atoms with Gasteiger partial charge in [0.05, 0.1) is 12.7 Å². The van der Waals surface area contributed by atoms with Crippen LogP contribution in [0.3, 0.4) is 0 Å². The van der Waals surface area contributed by atoms with Crippen molar-refractivity contribution < 1.29 is 14.6 Å². The topological polar surface area (TPSA) is 38.7 Å². The average Bonchev–Trinajstić information content (AvgIpc) is 3.24. The van der Waals surface area contributed by atoms with E-state index in [1.807, 2.05) is 48.5 Å². The normalized spacial score (nSPS) is 15.7. The molecule has 1 N–H and O–H groups in total. The van der Waals surface area contributed by atoms with E-state index in [2.05, 4.69) is 0 Å². The lowest BCUT2D eigenvalue weighted by molar-refractivity contribution is 0.143. The smallest absolute Gasteiger partial charge is 0.167 e. The van der Waals surface area contributed by atoms with Crippen LogP contribution in [0.2, 0.25) is 0 Å². The standard InChI is InChI=1S/C17H18O3/c1-19-15-9-5-8-14(17(18)10-11-17)16(15)20-12-13-6-3-2-4-7-13/h2-9,18H,10-12H2,1H3. The molecule has 1 fully saturated rings. The summed E-state index contributed by atoms with van der Waals surface area (Å²) in [7, 11) is 1.62. The first-order valence-corrected chi connectivity index (χ1v) is 6.79. The van der Waals surface area contributed by atoms with Gasteiger partial charge in [-0.1, -0.05) is 42.5 Å². The fourth-order valence-electron chi connectivity index (χ4n) is 2.31. The van der Waals surface area contributed by atoms with Crippen LogP contribution in [0.1, 0.15) is 24.0 Å². The highest BCUT2D eigenvalue weighted by atomic mass is 16.5. The molecule has 0 radical (unpaired) electrons. The Morgan fingerprint density at radius 2 is 1.80 bits per heavy atom. The lowest BCUT2D eigenvalue weighted by Crippen LogP contribution is -2.09. The summed E-state index contributed by atoms with van der Waals surface area (Å²) in [5.41, 5.74) is 1.18. The number of hydrogen-bond acceptors (Lipinski definition) is 3. The second-order valence-electron chi connectivity index (χ2n) is 5.14. The highest BCUT2D eigenvalue weighted by Crippen LogP contribution is 2.51. The Morgan fingerprint density at radius 3 is 2.45 bits per heavy atom. The molecular weight excluding hydrogens is 252 g/mol. The van der Waals surface area contributed by atoms with Gasteiger partial charge < -0.3 is 14.6 Å². The van der Waals surface area contributed by atoms with Gasteiger partial charge in [-0.15, -0.1) is 0 Å². The number of aliphatic hydroxyl groups is 1. The van der Waals surface area contributed by atoms with Crippen molar-refractivity contribution >= 4 is 0 Å². The second kappa shape index (κ2) is 5.17. The highest BCUT2D eigenvalue weighted by Gasteiger charge is 2.44. The zero-order valence-electron chi connectivity index (χ0n) is 11.5. The van der Waals surface area contributed by atoms with E-state index in [4.69, 9.17) is 9.47 Å². The van der Waals surface area contributed by atoms with Crippen LogP contribution < -0.4 is 9.47 Å². The van der Waals surface area contributed by atoms with Crippen LogP contribution >= 0.6 is 0 Å². The van der Waals surface area contributed by atoms with E-state index < -0.39 is 5.60 Å². The van der Waals surface area contributed by atoms with Crippen LogP contribution in [0.15, 0.2) is 48.5 Å². The summed E-state index contributed by atoms with van der Waals surface area (Å²) in [6, 6.07) is 15.6. The van der Waals surface area contributed by atoms with Crippen molar-refractivity contribution in [3.63, 3.8) is 0 Å². The maximum Gasteiger partial charge on any atom is 0.167 e. The summed E-state index contributed by atoms with van der Waals surface area (Å²) in [5, 5.41) is 10.4. The molecule has 0 heterocycles. The van der Waals surface area contributed by atoms with Crippen molar-refractivity contribution in [2.24, 2.45) is 0 Å². The number of hydrogen-bond donors (Lipinski definition) is 1. The average molecular weight is 270 g/mol. The fraction of sp³-hybridized carbons (Fsp3) is 0.294. The third kappa shape index (κ3) is 2.49. The molecule has 3 rings (SSSR count). The molecule has 0 saturated heterocycles. The van der Waals surface area contributed by atoms with Gasteiger partial charge in [-0.25, -0.2) is 0 Å². The molecule has 1 saturated carbocycles. The van der Waals surface area contributed by atoms with E-state index in [9.17, 15) is 5.11 Å². The summed E-state index contributed by atoms with van der Waals surface area (Å²) in [5.74, 6) is 1.32. The molecule has 3 nitrogen and oxygen atoms in total. The Balaban J connectivity index is 1.87. The maximum absolute atomic E-state index is 10.4. The van der Waals surface area contributed by atoms with E-state index in [0.717, 1.165) is 24.0 Å². The summed E-state index contributed by atoms with van der Waals surface area (Å²) in [4.78, 5) is 0. The van der Waals surface area contributed by atoms with E-state index in [-0.39, 0.29) is 0 Å². The van der Waals surface area contributed by atoms with Gasteiger partial charge >= 0.3 is 0 Å². The summed E-state index contributed by atoms with van der Waals surface area (Å²) in [6.07, 6.45) is 1.56. The van der Waals surface area contributed by atoms with Crippen LogP contribution in [0.25, 0.3) is 0 Å². The van der Waals surface area contributed by atoms with Gasteiger partial charge in [0, 0.05) is 5.56 Å². The predicted molar refractivity (Wildman–Crippen MR) is 76.9 cm³/mol. The van der Waals surface area contributed by atoms with Gasteiger partial charge in [0.25, 0.3) is 0 Å². The minimum Gasteiger partial charge on any atom is -0.493 e. The Labute approximate surface area is 118 Å². The Hall–Kier alpha value is -2.00. The van der Waals surface area contributed by atoms with Crippen molar-refractivity contribution in [1.82, 2.24) is 0 Å². The third-order valence-corrected chi connectivity index (χ3v) is 3.65. The van der Waals surface area contributed by atoms with Gasteiger partial charge in [0.1, 0.15) is 6.61 Å². The summed E-state index contributed by atoms with van der Waals surface area (Å²) < 4.78 is 11.3. The van der Waals surface area contributed by atoms with E-state index >= 15 is 0 Å². The van der Waals surface area contributed by atoms with Crippen LogP contribution in [0.5, 0.6) is 11.5 Å². The Kier molecular flexibility index (Phi) is 3.36. The number of benzene rings is 2. The number of methoxy groups -OCH3 is 1. The molecule has 20 heavy (non-hydrogen) atoms. The molecule has 0 aromatic heterocycles. The molecule has 1 aliphatic rings.